The molecule has 4 nitrogen and oxygen atoms in total. The van der Waals surface area contributed by atoms with Gasteiger partial charge in [0, 0.05) is 22.2 Å². The second-order valence-corrected chi connectivity index (χ2v) is 8.17. The quantitative estimate of drug-likeness (QED) is 0.646. The normalized spacial score (nSPS) is 26.8. The Kier molecular flexibility index (Phi) is 5.11. The standard InChI is InChI=1S/C21H31N3O/c1-16-21(18-9-5-6-10-19(18)22-16)20(25)15-23-11-13-24(14-12-23)17-7-3-2-4-8-17/h5-6,9-10,17,20,22,25H,2-4,7-8,11-15H2,1H3/p+2/t20-/m1/s1. The fourth-order valence-electron chi connectivity index (χ4n) is 5.15. The Labute approximate surface area is 150 Å². The number of rotatable bonds is 4. The fraction of sp³-hybridized carbons (Fsp3) is 0.619. The summed E-state index contributed by atoms with van der Waals surface area (Å²) in [6.07, 6.45) is 6.80. The van der Waals surface area contributed by atoms with E-state index >= 15 is 0 Å². The molecule has 1 aromatic heterocycles. The second-order valence-electron chi connectivity index (χ2n) is 8.17. The van der Waals surface area contributed by atoms with E-state index in [0.717, 1.165) is 29.4 Å². The highest BCUT2D eigenvalue weighted by Crippen LogP contribution is 2.27. The molecule has 1 saturated heterocycles. The van der Waals surface area contributed by atoms with Crippen LogP contribution in [0.15, 0.2) is 24.3 Å². The summed E-state index contributed by atoms with van der Waals surface area (Å²) in [6, 6.07) is 9.24. The smallest absolute Gasteiger partial charge is 0.130 e. The number of aliphatic hydroxyl groups excluding tert-OH is 1. The number of nitrogens with one attached hydrogen (secondary N) is 3. The maximum absolute atomic E-state index is 10.9. The minimum absolute atomic E-state index is 0.373. The van der Waals surface area contributed by atoms with Crippen LogP contribution in [0.1, 0.15) is 49.5 Å². The zero-order valence-corrected chi connectivity index (χ0v) is 15.5. The monoisotopic (exact) mass is 343 g/mol. The van der Waals surface area contributed by atoms with Gasteiger partial charge < -0.3 is 19.9 Å². The van der Waals surface area contributed by atoms with Gasteiger partial charge in [-0.3, -0.25) is 0 Å². The van der Waals surface area contributed by atoms with Crippen molar-refractivity contribution in [3.63, 3.8) is 0 Å². The van der Waals surface area contributed by atoms with Gasteiger partial charge in [0.25, 0.3) is 0 Å². The maximum Gasteiger partial charge on any atom is 0.130 e. The minimum Gasteiger partial charge on any atom is -0.382 e. The lowest BCUT2D eigenvalue weighted by Crippen LogP contribution is -3.29. The van der Waals surface area contributed by atoms with Crippen molar-refractivity contribution in [1.29, 1.82) is 0 Å². The number of benzene rings is 1. The molecule has 4 heteroatoms. The molecule has 2 aromatic rings. The summed E-state index contributed by atoms with van der Waals surface area (Å²) in [7, 11) is 0. The summed E-state index contributed by atoms with van der Waals surface area (Å²) in [5, 5.41) is 12.1. The van der Waals surface area contributed by atoms with Gasteiger partial charge in [-0.05, 0) is 38.7 Å². The SMILES string of the molecule is Cc1[nH]c2ccccc2c1[C@H](O)C[NH+]1CC[NH+](C2CCCCC2)CC1. The van der Waals surface area contributed by atoms with Crippen molar-refractivity contribution in [2.75, 3.05) is 32.7 Å². The van der Waals surface area contributed by atoms with Crippen molar-refractivity contribution in [1.82, 2.24) is 4.98 Å². The van der Waals surface area contributed by atoms with E-state index in [1.54, 1.807) is 4.90 Å². The third-order valence-electron chi connectivity index (χ3n) is 6.54. The maximum atomic E-state index is 10.9. The van der Waals surface area contributed by atoms with Crippen molar-refractivity contribution in [2.24, 2.45) is 0 Å². The van der Waals surface area contributed by atoms with E-state index in [2.05, 4.69) is 30.1 Å². The number of fused-ring (bicyclic) bond motifs is 1. The predicted molar refractivity (Wildman–Crippen MR) is 101 cm³/mol. The van der Waals surface area contributed by atoms with E-state index in [1.807, 2.05) is 11.0 Å². The molecule has 0 unspecified atom stereocenters. The van der Waals surface area contributed by atoms with Crippen LogP contribution in [0, 0.1) is 6.92 Å². The summed E-state index contributed by atoms with van der Waals surface area (Å²) in [4.78, 5) is 6.82. The largest absolute Gasteiger partial charge is 0.382 e. The molecule has 2 aliphatic rings. The molecule has 0 radical (unpaired) electrons. The molecule has 0 spiro atoms. The average Bonchev–Trinajstić information content (AvgIpc) is 2.99. The van der Waals surface area contributed by atoms with Crippen LogP contribution in [0.25, 0.3) is 10.9 Å². The van der Waals surface area contributed by atoms with Crippen molar-refractivity contribution in [3.8, 4) is 0 Å². The first-order chi connectivity index (χ1) is 12.2. The van der Waals surface area contributed by atoms with Crippen LogP contribution >= 0.6 is 0 Å². The Morgan fingerprint density at radius 1 is 1.08 bits per heavy atom. The number of para-hydroxylation sites is 1. The summed E-state index contributed by atoms with van der Waals surface area (Å²) >= 11 is 0. The Balaban J connectivity index is 1.37. The molecule has 1 aliphatic heterocycles. The molecule has 25 heavy (non-hydrogen) atoms. The van der Waals surface area contributed by atoms with Crippen LogP contribution < -0.4 is 9.80 Å². The van der Waals surface area contributed by atoms with Crippen LogP contribution in [0.3, 0.4) is 0 Å². The Bertz CT molecular complexity index is 696. The second kappa shape index (κ2) is 7.48. The van der Waals surface area contributed by atoms with Crippen LogP contribution in [0.5, 0.6) is 0 Å². The summed E-state index contributed by atoms with van der Waals surface area (Å²) < 4.78 is 0. The first-order valence-electron chi connectivity index (χ1n) is 10.2. The van der Waals surface area contributed by atoms with Crippen LogP contribution in [0.2, 0.25) is 0 Å². The predicted octanol–water partition coefficient (Wildman–Crippen LogP) is 0.626. The molecule has 4 N–H and O–H groups in total. The number of aromatic nitrogens is 1. The first-order valence-corrected chi connectivity index (χ1v) is 10.2. The number of piperazine rings is 1. The average molecular weight is 344 g/mol. The minimum atomic E-state index is -0.373. The third-order valence-corrected chi connectivity index (χ3v) is 6.54. The molecule has 0 amide bonds. The molecule has 1 aromatic carbocycles. The Morgan fingerprint density at radius 2 is 1.80 bits per heavy atom. The van der Waals surface area contributed by atoms with Crippen LogP contribution in [0.4, 0.5) is 0 Å². The van der Waals surface area contributed by atoms with E-state index in [4.69, 9.17) is 0 Å². The summed E-state index contributed by atoms with van der Waals surface area (Å²) in [5.41, 5.74) is 3.35. The van der Waals surface area contributed by atoms with E-state index < -0.39 is 0 Å². The molecular formula is C21H33N3O+2. The highest BCUT2D eigenvalue weighted by atomic mass is 16.3. The molecule has 2 heterocycles. The molecular weight excluding hydrogens is 310 g/mol. The van der Waals surface area contributed by atoms with E-state index in [-0.39, 0.29) is 6.10 Å². The van der Waals surface area contributed by atoms with Gasteiger partial charge in [0.15, 0.2) is 0 Å². The van der Waals surface area contributed by atoms with E-state index in [0.29, 0.717) is 0 Å². The van der Waals surface area contributed by atoms with Gasteiger partial charge >= 0.3 is 0 Å². The Morgan fingerprint density at radius 3 is 2.56 bits per heavy atom. The molecule has 1 atom stereocenters. The highest BCUT2D eigenvalue weighted by Gasteiger charge is 2.31. The van der Waals surface area contributed by atoms with Crippen molar-refractivity contribution in [2.45, 2.75) is 51.2 Å². The van der Waals surface area contributed by atoms with Gasteiger partial charge in [0.1, 0.15) is 38.8 Å². The van der Waals surface area contributed by atoms with Crippen molar-refractivity contribution < 1.29 is 14.9 Å². The van der Waals surface area contributed by atoms with Gasteiger partial charge in [0.2, 0.25) is 0 Å². The molecule has 4 rings (SSSR count). The molecule has 1 saturated carbocycles. The van der Waals surface area contributed by atoms with Gasteiger partial charge in [-0.15, -0.1) is 0 Å². The van der Waals surface area contributed by atoms with Crippen molar-refractivity contribution >= 4 is 10.9 Å². The zero-order chi connectivity index (χ0) is 17.2. The highest BCUT2D eigenvalue weighted by molar-refractivity contribution is 5.84. The molecule has 0 bridgehead atoms. The number of aromatic amines is 1. The van der Waals surface area contributed by atoms with E-state index in [9.17, 15) is 5.11 Å². The molecule has 136 valence electrons. The van der Waals surface area contributed by atoms with Gasteiger partial charge in [-0.25, -0.2) is 0 Å². The lowest BCUT2D eigenvalue weighted by atomic mass is 9.94. The third kappa shape index (κ3) is 3.62. The van der Waals surface area contributed by atoms with Crippen molar-refractivity contribution in [3.05, 3.63) is 35.5 Å². The number of aryl methyl sites for hydroxylation is 1. The van der Waals surface area contributed by atoms with E-state index in [1.165, 1.54) is 63.7 Å². The first kappa shape index (κ1) is 17.1. The van der Waals surface area contributed by atoms with Crippen LogP contribution in [-0.4, -0.2) is 48.9 Å². The van der Waals surface area contributed by atoms with Gasteiger partial charge in [0.05, 0.1) is 6.04 Å². The lowest BCUT2D eigenvalue weighted by molar-refractivity contribution is -1.03. The summed E-state index contributed by atoms with van der Waals surface area (Å²) in [5.74, 6) is 0. The van der Waals surface area contributed by atoms with Gasteiger partial charge in [-0.2, -0.15) is 0 Å². The molecule has 2 fully saturated rings. The zero-order valence-electron chi connectivity index (χ0n) is 15.5. The Hall–Kier alpha value is -1.36. The fourth-order valence-corrected chi connectivity index (χ4v) is 5.15. The number of quaternary nitrogens is 2. The van der Waals surface area contributed by atoms with Gasteiger partial charge in [-0.1, -0.05) is 24.6 Å². The number of hydrogen-bond acceptors (Lipinski definition) is 1. The number of H-pyrrole nitrogens is 1. The number of aliphatic hydroxyl groups is 1. The van der Waals surface area contributed by atoms with Crippen LogP contribution in [-0.2, 0) is 0 Å². The summed E-state index contributed by atoms with van der Waals surface area (Å²) in [6.45, 7) is 7.87. The number of hydrogen-bond donors (Lipinski definition) is 4. The molecule has 1 aliphatic carbocycles. The lowest BCUT2D eigenvalue weighted by Gasteiger charge is -2.36. The topological polar surface area (TPSA) is 44.9 Å².